The van der Waals surface area contributed by atoms with Crippen molar-refractivity contribution in [2.75, 3.05) is 32.7 Å². The predicted molar refractivity (Wildman–Crippen MR) is 84.5 cm³/mol. The molecule has 3 rings (SSSR count). The van der Waals surface area contributed by atoms with Gasteiger partial charge in [0.15, 0.2) is 0 Å². The Kier molecular flexibility index (Phi) is 4.24. The number of amides is 3. The van der Waals surface area contributed by atoms with Gasteiger partial charge in [0.25, 0.3) is 0 Å². The molecule has 0 unspecified atom stereocenters. The highest BCUT2D eigenvalue weighted by atomic mass is 19.1. The fraction of sp³-hybridized carbons (Fsp3) is 0.529. The number of piperazine rings is 1. The molecule has 1 N–H and O–H groups in total. The predicted octanol–water partition coefficient (Wildman–Crippen LogP) is 1.73. The zero-order valence-electron chi connectivity index (χ0n) is 13.3. The number of carbonyl (C=O) groups is 2. The van der Waals surface area contributed by atoms with E-state index < -0.39 is 0 Å². The fourth-order valence-electron chi connectivity index (χ4n) is 3.10. The molecular weight excluding hydrogens is 297 g/mol. The van der Waals surface area contributed by atoms with Gasteiger partial charge in [0.2, 0.25) is 5.91 Å². The molecule has 0 bridgehead atoms. The average Bonchev–Trinajstić information content (AvgIpc) is 3.34. The molecule has 6 heteroatoms. The summed E-state index contributed by atoms with van der Waals surface area (Å²) in [7, 11) is 0. The van der Waals surface area contributed by atoms with E-state index in [4.69, 9.17) is 0 Å². The molecule has 3 amide bonds. The summed E-state index contributed by atoms with van der Waals surface area (Å²) >= 11 is 0. The van der Waals surface area contributed by atoms with Gasteiger partial charge in [-0.2, -0.15) is 0 Å². The number of nitrogens with zero attached hydrogens (tertiary/aromatic N) is 2. The van der Waals surface area contributed by atoms with E-state index in [1.165, 1.54) is 12.1 Å². The van der Waals surface area contributed by atoms with Gasteiger partial charge in [-0.1, -0.05) is 12.1 Å². The minimum absolute atomic E-state index is 0.0371. The molecule has 1 aromatic rings. The Labute approximate surface area is 135 Å². The van der Waals surface area contributed by atoms with E-state index in [1.807, 2.05) is 0 Å². The molecule has 1 heterocycles. The van der Waals surface area contributed by atoms with Gasteiger partial charge in [-0.15, -0.1) is 0 Å². The quantitative estimate of drug-likeness (QED) is 0.922. The Balaban J connectivity index is 1.51. The zero-order valence-corrected chi connectivity index (χ0v) is 13.3. The standard InChI is InChI=1S/C17H22FN3O2/c1-13(22)20-8-10-21(11-9-20)16(23)19-12-17(6-7-17)14-2-4-15(18)5-3-14/h2-5H,6-12H2,1H3,(H,19,23). The summed E-state index contributed by atoms with van der Waals surface area (Å²) in [6.45, 7) is 4.43. The number of benzene rings is 1. The van der Waals surface area contributed by atoms with Crippen molar-refractivity contribution in [3.8, 4) is 0 Å². The third-order valence-corrected chi connectivity index (χ3v) is 4.90. The number of nitrogens with one attached hydrogen (secondary N) is 1. The summed E-state index contributed by atoms with van der Waals surface area (Å²) in [5, 5.41) is 3.00. The van der Waals surface area contributed by atoms with Crippen LogP contribution in [0.2, 0.25) is 0 Å². The number of carbonyl (C=O) groups excluding carboxylic acids is 2. The van der Waals surface area contributed by atoms with Crippen LogP contribution in [0.1, 0.15) is 25.3 Å². The highest BCUT2D eigenvalue weighted by molar-refractivity contribution is 5.76. The molecule has 1 saturated carbocycles. The second-order valence-electron chi connectivity index (χ2n) is 6.44. The first kappa shape index (κ1) is 15.8. The number of rotatable bonds is 3. The molecule has 1 aliphatic heterocycles. The summed E-state index contributed by atoms with van der Waals surface area (Å²) in [6.07, 6.45) is 2.02. The Bertz CT molecular complexity index is 590. The second kappa shape index (κ2) is 6.18. The van der Waals surface area contributed by atoms with E-state index in [0.717, 1.165) is 18.4 Å². The van der Waals surface area contributed by atoms with Crippen molar-refractivity contribution >= 4 is 11.9 Å². The topological polar surface area (TPSA) is 52.7 Å². The van der Waals surface area contributed by atoms with Crippen molar-refractivity contribution in [2.24, 2.45) is 0 Å². The summed E-state index contributed by atoms with van der Waals surface area (Å²) in [5.41, 5.74) is 1.05. The van der Waals surface area contributed by atoms with Gasteiger partial charge in [-0.3, -0.25) is 4.79 Å². The highest BCUT2D eigenvalue weighted by Gasteiger charge is 2.44. The fourth-order valence-corrected chi connectivity index (χ4v) is 3.10. The number of urea groups is 1. The van der Waals surface area contributed by atoms with Crippen molar-refractivity contribution in [1.82, 2.24) is 15.1 Å². The van der Waals surface area contributed by atoms with Gasteiger partial charge in [-0.25, -0.2) is 9.18 Å². The molecule has 0 aromatic heterocycles. The van der Waals surface area contributed by atoms with Gasteiger partial charge < -0.3 is 15.1 Å². The SMILES string of the molecule is CC(=O)N1CCN(C(=O)NCC2(c3ccc(F)cc3)CC2)CC1. The van der Waals surface area contributed by atoms with E-state index in [0.29, 0.717) is 32.7 Å². The zero-order chi connectivity index (χ0) is 16.4. The van der Waals surface area contributed by atoms with Gasteiger partial charge in [-0.05, 0) is 30.5 Å². The molecule has 1 saturated heterocycles. The molecule has 0 spiro atoms. The van der Waals surface area contributed by atoms with Crippen molar-refractivity contribution in [3.05, 3.63) is 35.6 Å². The maximum Gasteiger partial charge on any atom is 0.317 e. The smallest absolute Gasteiger partial charge is 0.317 e. The third-order valence-electron chi connectivity index (χ3n) is 4.90. The van der Waals surface area contributed by atoms with E-state index in [2.05, 4.69) is 5.32 Å². The van der Waals surface area contributed by atoms with Crippen LogP contribution in [0, 0.1) is 5.82 Å². The van der Waals surface area contributed by atoms with E-state index in [9.17, 15) is 14.0 Å². The number of hydrogen-bond acceptors (Lipinski definition) is 2. The maximum atomic E-state index is 13.0. The van der Waals surface area contributed by atoms with Crippen LogP contribution in [-0.2, 0) is 10.2 Å². The molecule has 0 atom stereocenters. The van der Waals surface area contributed by atoms with Gasteiger partial charge in [0, 0.05) is 45.1 Å². The summed E-state index contributed by atoms with van der Waals surface area (Å²) in [4.78, 5) is 27.1. The van der Waals surface area contributed by atoms with E-state index in [-0.39, 0.29) is 23.2 Å². The normalized spacial score (nSPS) is 19.4. The lowest BCUT2D eigenvalue weighted by atomic mass is 9.96. The summed E-state index contributed by atoms with van der Waals surface area (Å²) < 4.78 is 13.0. The van der Waals surface area contributed by atoms with Crippen LogP contribution in [0.4, 0.5) is 9.18 Å². The molecule has 1 aromatic carbocycles. The van der Waals surface area contributed by atoms with E-state index >= 15 is 0 Å². The summed E-state index contributed by atoms with van der Waals surface area (Å²) in [6, 6.07) is 6.47. The molecular formula is C17H22FN3O2. The van der Waals surface area contributed by atoms with Crippen molar-refractivity contribution in [2.45, 2.75) is 25.2 Å². The molecule has 2 fully saturated rings. The Morgan fingerprint density at radius 2 is 1.65 bits per heavy atom. The Hall–Kier alpha value is -2.11. The lowest BCUT2D eigenvalue weighted by Crippen LogP contribution is -2.53. The lowest BCUT2D eigenvalue weighted by molar-refractivity contribution is -0.130. The van der Waals surface area contributed by atoms with Crippen molar-refractivity contribution < 1.29 is 14.0 Å². The molecule has 124 valence electrons. The lowest BCUT2D eigenvalue weighted by Gasteiger charge is -2.34. The molecule has 0 radical (unpaired) electrons. The van der Waals surface area contributed by atoms with Gasteiger partial charge >= 0.3 is 6.03 Å². The minimum Gasteiger partial charge on any atom is -0.339 e. The molecule has 2 aliphatic rings. The van der Waals surface area contributed by atoms with Crippen LogP contribution in [-0.4, -0.2) is 54.5 Å². The largest absolute Gasteiger partial charge is 0.339 e. The average molecular weight is 319 g/mol. The van der Waals surface area contributed by atoms with E-state index in [1.54, 1.807) is 28.9 Å². The van der Waals surface area contributed by atoms with Crippen LogP contribution in [0.5, 0.6) is 0 Å². The van der Waals surface area contributed by atoms with Crippen molar-refractivity contribution in [1.29, 1.82) is 0 Å². The third kappa shape index (κ3) is 3.46. The minimum atomic E-state index is -0.239. The summed E-state index contributed by atoms with van der Waals surface area (Å²) in [5.74, 6) is -0.185. The first-order chi connectivity index (χ1) is 11.0. The van der Waals surface area contributed by atoms with Crippen LogP contribution >= 0.6 is 0 Å². The molecule has 5 nitrogen and oxygen atoms in total. The van der Waals surface area contributed by atoms with Crippen LogP contribution in [0.3, 0.4) is 0 Å². The van der Waals surface area contributed by atoms with Crippen molar-refractivity contribution in [3.63, 3.8) is 0 Å². The monoisotopic (exact) mass is 319 g/mol. The van der Waals surface area contributed by atoms with Gasteiger partial charge in [0.1, 0.15) is 5.82 Å². The van der Waals surface area contributed by atoms with Gasteiger partial charge in [0.05, 0.1) is 0 Å². The van der Waals surface area contributed by atoms with Crippen LogP contribution < -0.4 is 5.32 Å². The number of hydrogen-bond donors (Lipinski definition) is 1. The van der Waals surface area contributed by atoms with Crippen LogP contribution in [0.25, 0.3) is 0 Å². The maximum absolute atomic E-state index is 13.0. The highest BCUT2D eigenvalue weighted by Crippen LogP contribution is 2.47. The number of halogens is 1. The molecule has 1 aliphatic carbocycles. The Morgan fingerprint density at radius 1 is 1.09 bits per heavy atom. The van der Waals surface area contributed by atoms with Crippen LogP contribution in [0.15, 0.2) is 24.3 Å². The first-order valence-corrected chi connectivity index (χ1v) is 8.04. The Morgan fingerprint density at radius 3 is 2.17 bits per heavy atom. The molecule has 23 heavy (non-hydrogen) atoms. The first-order valence-electron chi connectivity index (χ1n) is 8.04. The second-order valence-corrected chi connectivity index (χ2v) is 6.44.